The number of aliphatic carboxylic acids is 1. The van der Waals surface area contributed by atoms with E-state index < -0.39 is 5.97 Å². The van der Waals surface area contributed by atoms with Gasteiger partial charge in [0.2, 0.25) is 0 Å². The van der Waals surface area contributed by atoms with E-state index in [0.29, 0.717) is 17.4 Å². The third-order valence-electron chi connectivity index (χ3n) is 2.29. The van der Waals surface area contributed by atoms with Gasteiger partial charge in [0.15, 0.2) is 0 Å². The van der Waals surface area contributed by atoms with Crippen LogP contribution in [0.25, 0.3) is 0 Å². The van der Waals surface area contributed by atoms with Gasteiger partial charge in [0, 0.05) is 5.57 Å². The average molecular weight is 154 g/mol. The molecule has 62 valence electrons. The standard InChI is InChI=1S/C9H14O2/c1-6(2)7-3-4-8(5-7)9(10)11/h5-7H,3-4H2,1-2H3,(H,10,11). The van der Waals surface area contributed by atoms with E-state index in [9.17, 15) is 4.79 Å². The van der Waals surface area contributed by atoms with Gasteiger partial charge in [-0.1, -0.05) is 19.9 Å². The molecule has 0 aromatic rings. The lowest BCUT2D eigenvalue weighted by atomic mass is 9.96. The largest absolute Gasteiger partial charge is 0.478 e. The van der Waals surface area contributed by atoms with E-state index in [1.54, 1.807) is 0 Å². The average Bonchev–Trinajstić information content (AvgIpc) is 2.33. The van der Waals surface area contributed by atoms with Gasteiger partial charge in [0.1, 0.15) is 0 Å². The van der Waals surface area contributed by atoms with Gasteiger partial charge in [-0.15, -0.1) is 0 Å². The summed E-state index contributed by atoms with van der Waals surface area (Å²) in [5.74, 6) is 0.320. The number of carbonyl (C=O) groups is 1. The van der Waals surface area contributed by atoms with Gasteiger partial charge in [-0.25, -0.2) is 4.79 Å². The topological polar surface area (TPSA) is 37.3 Å². The molecule has 1 N–H and O–H groups in total. The third-order valence-corrected chi connectivity index (χ3v) is 2.29. The summed E-state index contributed by atoms with van der Waals surface area (Å²) in [5, 5.41) is 8.64. The lowest BCUT2D eigenvalue weighted by Crippen LogP contribution is -2.00. The molecule has 2 nitrogen and oxygen atoms in total. The van der Waals surface area contributed by atoms with E-state index in [2.05, 4.69) is 13.8 Å². The second-order valence-electron chi connectivity index (χ2n) is 3.44. The lowest BCUT2D eigenvalue weighted by Gasteiger charge is -2.09. The van der Waals surface area contributed by atoms with E-state index in [1.807, 2.05) is 6.08 Å². The SMILES string of the molecule is CC(C)C1C=C(C(=O)O)CC1. The molecule has 1 unspecified atom stereocenters. The molecule has 0 aliphatic heterocycles. The van der Waals surface area contributed by atoms with Crippen molar-refractivity contribution < 1.29 is 9.90 Å². The van der Waals surface area contributed by atoms with E-state index in [-0.39, 0.29) is 0 Å². The number of carboxylic acids is 1. The van der Waals surface area contributed by atoms with Gasteiger partial charge >= 0.3 is 5.97 Å². The zero-order valence-electron chi connectivity index (χ0n) is 7.00. The van der Waals surface area contributed by atoms with Gasteiger partial charge in [-0.2, -0.15) is 0 Å². The monoisotopic (exact) mass is 154 g/mol. The molecular weight excluding hydrogens is 140 g/mol. The molecular formula is C9H14O2. The zero-order chi connectivity index (χ0) is 8.43. The molecule has 0 saturated carbocycles. The summed E-state index contributed by atoms with van der Waals surface area (Å²) in [6, 6.07) is 0. The molecule has 1 atom stereocenters. The van der Waals surface area contributed by atoms with Crippen molar-refractivity contribution in [1.29, 1.82) is 0 Å². The van der Waals surface area contributed by atoms with E-state index in [1.165, 1.54) is 0 Å². The van der Waals surface area contributed by atoms with Gasteiger partial charge in [0.25, 0.3) is 0 Å². The smallest absolute Gasteiger partial charge is 0.331 e. The predicted molar refractivity (Wildman–Crippen MR) is 43.3 cm³/mol. The maximum absolute atomic E-state index is 10.5. The molecule has 0 heterocycles. The highest BCUT2D eigenvalue weighted by molar-refractivity contribution is 5.87. The van der Waals surface area contributed by atoms with Crippen molar-refractivity contribution in [2.75, 3.05) is 0 Å². The van der Waals surface area contributed by atoms with Crippen LogP contribution in [0.4, 0.5) is 0 Å². The first-order chi connectivity index (χ1) is 5.11. The molecule has 1 rings (SSSR count). The maximum atomic E-state index is 10.5. The first-order valence-corrected chi connectivity index (χ1v) is 4.05. The van der Waals surface area contributed by atoms with Crippen molar-refractivity contribution in [1.82, 2.24) is 0 Å². The van der Waals surface area contributed by atoms with Crippen LogP contribution in [0, 0.1) is 11.8 Å². The highest BCUT2D eigenvalue weighted by atomic mass is 16.4. The molecule has 11 heavy (non-hydrogen) atoms. The van der Waals surface area contributed by atoms with Crippen molar-refractivity contribution in [3.05, 3.63) is 11.6 Å². The highest BCUT2D eigenvalue weighted by Crippen LogP contribution is 2.29. The van der Waals surface area contributed by atoms with E-state index in [0.717, 1.165) is 12.8 Å². The first kappa shape index (κ1) is 8.31. The number of hydrogen-bond acceptors (Lipinski definition) is 1. The summed E-state index contributed by atoms with van der Waals surface area (Å²) in [6.45, 7) is 4.26. The molecule has 0 saturated heterocycles. The fraction of sp³-hybridized carbons (Fsp3) is 0.667. The molecule has 0 bridgehead atoms. The Morgan fingerprint density at radius 1 is 1.73 bits per heavy atom. The Morgan fingerprint density at radius 3 is 2.64 bits per heavy atom. The molecule has 0 aromatic carbocycles. The van der Waals surface area contributed by atoms with Crippen LogP contribution in [0.15, 0.2) is 11.6 Å². The summed E-state index contributed by atoms with van der Waals surface area (Å²) >= 11 is 0. The Balaban J connectivity index is 2.61. The normalized spacial score (nSPS) is 23.9. The molecule has 0 amide bonds. The van der Waals surface area contributed by atoms with Crippen LogP contribution in [-0.4, -0.2) is 11.1 Å². The van der Waals surface area contributed by atoms with Crippen molar-refractivity contribution in [2.24, 2.45) is 11.8 Å². The molecule has 0 fully saturated rings. The summed E-state index contributed by atoms with van der Waals surface area (Å²) in [4.78, 5) is 10.5. The number of allylic oxidation sites excluding steroid dienone is 1. The summed E-state index contributed by atoms with van der Waals surface area (Å²) in [6.07, 6.45) is 3.67. The van der Waals surface area contributed by atoms with Crippen molar-refractivity contribution in [2.45, 2.75) is 26.7 Å². The van der Waals surface area contributed by atoms with Gasteiger partial charge < -0.3 is 5.11 Å². The summed E-state index contributed by atoms with van der Waals surface area (Å²) in [5.41, 5.74) is 0.601. The molecule has 1 aliphatic rings. The maximum Gasteiger partial charge on any atom is 0.331 e. The minimum atomic E-state index is -0.742. The summed E-state index contributed by atoms with van der Waals surface area (Å²) in [7, 11) is 0. The van der Waals surface area contributed by atoms with Crippen LogP contribution >= 0.6 is 0 Å². The van der Waals surface area contributed by atoms with E-state index in [4.69, 9.17) is 5.11 Å². The number of carboxylic acid groups (broad SMARTS) is 1. The second-order valence-corrected chi connectivity index (χ2v) is 3.44. The van der Waals surface area contributed by atoms with E-state index >= 15 is 0 Å². The van der Waals surface area contributed by atoms with Crippen LogP contribution in [0.1, 0.15) is 26.7 Å². The van der Waals surface area contributed by atoms with Gasteiger partial charge in [-0.05, 0) is 24.7 Å². The fourth-order valence-corrected chi connectivity index (χ4v) is 1.45. The number of rotatable bonds is 2. The molecule has 2 heteroatoms. The molecule has 0 spiro atoms. The van der Waals surface area contributed by atoms with Crippen LogP contribution in [0.3, 0.4) is 0 Å². The van der Waals surface area contributed by atoms with Gasteiger partial charge in [0.05, 0.1) is 0 Å². The molecule has 0 aromatic heterocycles. The Hall–Kier alpha value is -0.790. The fourth-order valence-electron chi connectivity index (χ4n) is 1.45. The Kier molecular flexibility index (Phi) is 2.32. The highest BCUT2D eigenvalue weighted by Gasteiger charge is 2.21. The van der Waals surface area contributed by atoms with Crippen LogP contribution in [0.5, 0.6) is 0 Å². The van der Waals surface area contributed by atoms with Crippen molar-refractivity contribution in [3.63, 3.8) is 0 Å². The van der Waals surface area contributed by atoms with Crippen molar-refractivity contribution in [3.8, 4) is 0 Å². The predicted octanol–water partition coefficient (Wildman–Crippen LogP) is 2.06. The quantitative estimate of drug-likeness (QED) is 0.661. The van der Waals surface area contributed by atoms with Crippen LogP contribution in [0.2, 0.25) is 0 Å². The molecule has 1 aliphatic carbocycles. The summed E-state index contributed by atoms with van der Waals surface area (Å²) < 4.78 is 0. The van der Waals surface area contributed by atoms with Crippen LogP contribution < -0.4 is 0 Å². The number of hydrogen-bond donors (Lipinski definition) is 1. The first-order valence-electron chi connectivity index (χ1n) is 4.05. The Morgan fingerprint density at radius 2 is 2.36 bits per heavy atom. The van der Waals surface area contributed by atoms with Crippen LogP contribution in [-0.2, 0) is 4.79 Å². The Bertz CT molecular complexity index is 192. The minimum absolute atomic E-state index is 0.487. The lowest BCUT2D eigenvalue weighted by molar-refractivity contribution is -0.132. The zero-order valence-corrected chi connectivity index (χ0v) is 7.00. The Labute approximate surface area is 66.9 Å². The second kappa shape index (κ2) is 3.07. The van der Waals surface area contributed by atoms with Crippen molar-refractivity contribution >= 4 is 5.97 Å². The third kappa shape index (κ3) is 1.82. The molecule has 0 radical (unpaired) electrons. The minimum Gasteiger partial charge on any atom is -0.478 e. The van der Waals surface area contributed by atoms with Gasteiger partial charge in [-0.3, -0.25) is 0 Å².